The minimum atomic E-state index is -0.0272. The molecule has 2 unspecified atom stereocenters. The summed E-state index contributed by atoms with van der Waals surface area (Å²) in [6, 6.07) is 0. The second kappa shape index (κ2) is 6.41. The Morgan fingerprint density at radius 3 is 2.79 bits per heavy atom. The predicted molar refractivity (Wildman–Crippen MR) is 60.3 cm³/mol. The number of nitrogens with one attached hydrogen (secondary N) is 1. The second-order valence-corrected chi connectivity index (χ2v) is 5.07. The summed E-state index contributed by atoms with van der Waals surface area (Å²) in [7, 11) is 0. The van der Waals surface area contributed by atoms with Crippen LogP contribution in [0.3, 0.4) is 0 Å². The Balaban J connectivity index is 2.00. The van der Waals surface area contributed by atoms with Gasteiger partial charge in [-0.2, -0.15) is 0 Å². The van der Waals surface area contributed by atoms with Crippen LogP contribution in [0.4, 0.5) is 0 Å². The van der Waals surface area contributed by atoms with Crippen LogP contribution < -0.4 is 5.32 Å². The fourth-order valence-electron chi connectivity index (χ4n) is 2.14. The first-order valence-electron chi connectivity index (χ1n) is 6.07. The molecule has 0 radical (unpaired) electrons. The van der Waals surface area contributed by atoms with Gasteiger partial charge in [-0.15, -0.1) is 0 Å². The topological polar surface area (TPSA) is 32.3 Å². The summed E-state index contributed by atoms with van der Waals surface area (Å²) in [5, 5.41) is 13.0. The molecular formula is C12H25NO. The van der Waals surface area contributed by atoms with Crippen molar-refractivity contribution in [3.05, 3.63) is 0 Å². The van der Waals surface area contributed by atoms with Gasteiger partial charge >= 0.3 is 0 Å². The molecule has 0 saturated heterocycles. The van der Waals surface area contributed by atoms with Crippen molar-refractivity contribution in [2.75, 3.05) is 13.1 Å². The lowest BCUT2D eigenvalue weighted by Crippen LogP contribution is -2.30. The summed E-state index contributed by atoms with van der Waals surface area (Å²) in [6.45, 7) is 6.74. The van der Waals surface area contributed by atoms with Gasteiger partial charge in [0.25, 0.3) is 0 Å². The third-order valence-corrected chi connectivity index (χ3v) is 3.09. The first-order valence-corrected chi connectivity index (χ1v) is 6.07. The Hall–Kier alpha value is -0.0800. The van der Waals surface area contributed by atoms with E-state index in [2.05, 4.69) is 19.2 Å². The number of aliphatic hydroxyl groups is 1. The summed E-state index contributed by atoms with van der Waals surface area (Å²) < 4.78 is 0. The molecule has 1 aliphatic rings. The average molecular weight is 199 g/mol. The Bertz CT molecular complexity index is 147. The van der Waals surface area contributed by atoms with Crippen LogP contribution in [-0.4, -0.2) is 24.3 Å². The molecular weight excluding hydrogens is 174 g/mol. The van der Waals surface area contributed by atoms with E-state index in [-0.39, 0.29) is 6.10 Å². The number of aliphatic hydroxyl groups excluding tert-OH is 1. The van der Waals surface area contributed by atoms with Crippen LogP contribution in [0.15, 0.2) is 0 Å². The first-order chi connectivity index (χ1) is 6.68. The summed E-state index contributed by atoms with van der Waals surface area (Å²) in [4.78, 5) is 0. The maximum absolute atomic E-state index is 9.50. The van der Waals surface area contributed by atoms with Gasteiger partial charge < -0.3 is 10.4 Å². The molecule has 0 aromatic heterocycles. The van der Waals surface area contributed by atoms with Crippen molar-refractivity contribution >= 4 is 0 Å². The normalized spacial score (nSPS) is 28.3. The largest absolute Gasteiger partial charge is 0.393 e. The molecule has 1 saturated carbocycles. The molecule has 2 heteroatoms. The van der Waals surface area contributed by atoms with Gasteiger partial charge in [0.05, 0.1) is 6.10 Å². The van der Waals surface area contributed by atoms with Gasteiger partial charge in [-0.05, 0) is 50.6 Å². The fourth-order valence-corrected chi connectivity index (χ4v) is 2.14. The van der Waals surface area contributed by atoms with Crippen molar-refractivity contribution in [1.82, 2.24) is 5.32 Å². The third-order valence-electron chi connectivity index (χ3n) is 3.09. The van der Waals surface area contributed by atoms with Crippen LogP contribution in [0.2, 0.25) is 0 Å². The molecule has 0 bridgehead atoms. The standard InChI is InChI=1S/C12H25NO/c1-10(2)6-7-13-9-11-4-3-5-12(14)8-11/h10-14H,3-9H2,1-2H3. The quantitative estimate of drug-likeness (QED) is 0.665. The van der Waals surface area contributed by atoms with Crippen molar-refractivity contribution in [2.24, 2.45) is 11.8 Å². The van der Waals surface area contributed by atoms with Gasteiger partial charge in [0, 0.05) is 0 Å². The maximum atomic E-state index is 9.50. The van der Waals surface area contributed by atoms with E-state index >= 15 is 0 Å². The highest BCUT2D eigenvalue weighted by Gasteiger charge is 2.19. The molecule has 0 heterocycles. The van der Waals surface area contributed by atoms with E-state index in [0.717, 1.165) is 31.8 Å². The zero-order chi connectivity index (χ0) is 10.4. The zero-order valence-electron chi connectivity index (χ0n) is 9.63. The Morgan fingerprint density at radius 1 is 1.36 bits per heavy atom. The second-order valence-electron chi connectivity index (χ2n) is 5.07. The fraction of sp³-hybridized carbons (Fsp3) is 1.00. The summed E-state index contributed by atoms with van der Waals surface area (Å²) in [6.07, 6.45) is 5.76. The van der Waals surface area contributed by atoms with E-state index in [1.165, 1.54) is 19.3 Å². The lowest BCUT2D eigenvalue weighted by molar-refractivity contribution is 0.101. The molecule has 2 N–H and O–H groups in total. The summed E-state index contributed by atoms with van der Waals surface area (Å²) in [5.41, 5.74) is 0. The van der Waals surface area contributed by atoms with E-state index < -0.39 is 0 Å². The van der Waals surface area contributed by atoms with E-state index in [1.807, 2.05) is 0 Å². The molecule has 1 aliphatic carbocycles. The van der Waals surface area contributed by atoms with Gasteiger partial charge in [-0.1, -0.05) is 20.3 Å². The number of hydrogen-bond donors (Lipinski definition) is 2. The number of hydrogen-bond acceptors (Lipinski definition) is 2. The lowest BCUT2D eigenvalue weighted by Gasteiger charge is -2.26. The van der Waals surface area contributed by atoms with Crippen LogP contribution in [0.1, 0.15) is 46.0 Å². The molecule has 14 heavy (non-hydrogen) atoms. The number of rotatable bonds is 5. The lowest BCUT2D eigenvalue weighted by atomic mass is 9.87. The highest BCUT2D eigenvalue weighted by molar-refractivity contribution is 4.73. The SMILES string of the molecule is CC(C)CCNCC1CCCC(O)C1. The van der Waals surface area contributed by atoms with Gasteiger partial charge in [-0.3, -0.25) is 0 Å². The smallest absolute Gasteiger partial charge is 0.0543 e. The van der Waals surface area contributed by atoms with Crippen molar-refractivity contribution in [2.45, 2.75) is 52.1 Å². The summed E-state index contributed by atoms with van der Waals surface area (Å²) >= 11 is 0. The molecule has 1 rings (SSSR count). The highest BCUT2D eigenvalue weighted by atomic mass is 16.3. The molecule has 0 aliphatic heterocycles. The molecule has 2 atom stereocenters. The minimum Gasteiger partial charge on any atom is -0.393 e. The van der Waals surface area contributed by atoms with Crippen molar-refractivity contribution < 1.29 is 5.11 Å². The van der Waals surface area contributed by atoms with Crippen LogP contribution >= 0.6 is 0 Å². The minimum absolute atomic E-state index is 0.0272. The highest BCUT2D eigenvalue weighted by Crippen LogP contribution is 2.23. The Morgan fingerprint density at radius 2 is 2.14 bits per heavy atom. The monoisotopic (exact) mass is 199 g/mol. The van der Waals surface area contributed by atoms with Gasteiger partial charge in [0.2, 0.25) is 0 Å². The first kappa shape index (κ1) is 12.0. The molecule has 0 aromatic carbocycles. The van der Waals surface area contributed by atoms with Crippen molar-refractivity contribution in [1.29, 1.82) is 0 Å². The van der Waals surface area contributed by atoms with Crippen LogP contribution in [0, 0.1) is 11.8 Å². The van der Waals surface area contributed by atoms with E-state index in [9.17, 15) is 5.11 Å². The van der Waals surface area contributed by atoms with Crippen molar-refractivity contribution in [3.8, 4) is 0 Å². The average Bonchev–Trinajstić information content (AvgIpc) is 2.12. The summed E-state index contributed by atoms with van der Waals surface area (Å²) in [5.74, 6) is 1.50. The predicted octanol–water partition coefficient (Wildman–Crippen LogP) is 2.17. The van der Waals surface area contributed by atoms with Gasteiger partial charge in [-0.25, -0.2) is 0 Å². The Labute approximate surface area is 88.1 Å². The van der Waals surface area contributed by atoms with E-state index in [1.54, 1.807) is 0 Å². The maximum Gasteiger partial charge on any atom is 0.0543 e. The third kappa shape index (κ3) is 4.97. The molecule has 1 fully saturated rings. The van der Waals surface area contributed by atoms with Gasteiger partial charge in [0.15, 0.2) is 0 Å². The van der Waals surface area contributed by atoms with E-state index in [4.69, 9.17) is 0 Å². The van der Waals surface area contributed by atoms with E-state index in [0.29, 0.717) is 5.92 Å². The Kier molecular flexibility index (Phi) is 5.49. The van der Waals surface area contributed by atoms with Gasteiger partial charge in [0.1, 0.15) is 0 Å². The molecule has 0 spiro atoms. The molecule has 0 amide bonds. The molecule has 2 nitrogen and oxygen atoms in total. The van der Waals surface area contributed by atoms with Crippen molar-refractivity contribution in [3.63, 3.8) is 0 Å². The zero-order valence-corrected chi connectivity index (χ0v) is 9.63. The van der Waals surface area contributed by atoms with Crippen LogP contribution in [0.25, 0.3) is 0 Å². The molecule has 84 valence electrons. The molecule has 0 aromatic rings. The van der Waals surface area contributed by atoms with Crippen LogP contribution in [0.5, 0.6) is 0 Å². The van der Waals surface area contributed by atoms with Crippen LogP contribution in [-0.2, 0) is 0 Å².